The molecule has 0 bridgehead atoms. The van der Waals surface area contributed by atoms with Crippen LogP contribution in [-0.4, -0.2) is 31.8 Å². The molecule has 0 aliphatic carbocycles. The smallest absolute Gasteiger partial charge is 0.248 e. The van der Waals surface area contributed by atoms with Crippen molar-refractivity contribution in [1.29, 1.82) is 0 Å². The molecule has 2 aromatic carbocycles. The van der Waals surface area contributed by atoms with E-state index in [9.17, 15) is 0 Å². The molecule has 9 heteroatoms. The number of nitrogen functional groups attached to an aromatic ring is 1. The number of benzene rings is 2. The van der Waals surface area contributed by atoms with Crippen molar-refractivity contribution in [2.75, 3.05) is 23.5 Å². The molecule has 0 fully saturated rings. The first-order chi connectivity index (χ1) is 14.1. The van der Waals surface area contributed by atoms with Gasteiger partial charge in [-0.2, -0.15) is 9.67 Å². The Morgan fingerprint density at radius 2 is 1.69 bits per heavy atom. The van der Waals surface area contributed by atoms with Crippen LogP contribution < -0.4 is 21.1 Å². The number of aromatic nitrogens is 5. The highest BCUT2D eigenvalue weighted by atomic mass is 16.5. The largest absolute Gasteiger partial charge is 0.497 e. The van der Waals surface area contributed by atoms with Crippen LogP contribution >= 0.6 is 0 Å². The van der Waals surface area contributed by atoms with E-state index in [1.165, 1.54) is 4.68 Å². The molecule has 146 valence electrons. The molecule has 0 atom stereocenters. The molecule has 0 aliphatic heterocycles. The number of para-hydroxylation sites is 1. The minimum Gasteiger partial charge on any atom is -0.497 e. The molecule has 4 rings (SSSR count). The van der Waals surface area contributed by atoms with Crippen LogP contribution in [-0.2, 0) is 0 Å². The van der Waals surface area contributed by atoms with Crippen molar-refractivity contribution in [3.05, 3.63) is 66.5 Å². The Kier molecular flexibility index (Phi) is 4.93. The van der Waals surface area contributed by atoms with E-state index in [2.05, 4.69) is 30.7 Å². The molecule has 0 saturated carbocycles. The minimum atomic E-state index is 0.208. The van der Waals surface area contributed by atoms with Crippen LogP contribution in [0.3, 0.4) is 0 Å². The Morgan fingerprint density at radius 3 is 2.48 bits per heavy atom. The van der Waals surface area contributed by atoms with E-state index in [1.807, 2.05) is 61.5 Å². The molecule has 2 aromatic heterocycles. The lowest BCUT2D eigenvalue weighted by Crippen LogP contribution is -2.08. The molecule has 0 saturated heterocycles. The highest BCUT2D eigenvalue weighted by Crippen LogP contribution is 2.22. The number of anilines is 5. The molecule has 0 amide bonds. The van der Waals surface area contributed by atoms with Gasteiger partial charge in [0.15, 0.2) is 5.82 Å². The zero-order valence-electron chi connectivity index (χ0n) is 16.0. The summed E-state index contributed by atoms with van der Waals surface area (Å²) in [5, 5.41) is 10.8. The molecule has 2 heterocycles. The van der Waals surface area contributed by atoms with Gasteiger partial charge in [0.2, 0.25) is 11.9 Å². The summed E-state index contributed by atoms with van der Waals surface area (Å²) in [7, 11) is 1.61. The molecule has 29 heavy (non-hydrogen) atoms. The zero-order valence-corrected chi connectivity index (χ0v) is 16.0. The molecule has 0 spiro atoms. The summed E-state index contributed by atoms with van der Waals surface area (Å²) in [5.74, 6) is 3.02. The molecular formula is C20H20N8O. The van der Waals surface area contributed by atoms with E-state index >= 15 is 0 Å². The standard InChI is InChI=1S/C20H20N8O/c1-13-22-17(24-14-7-4-3-5-8-14)12-18(23-13)28-19(21)26-20(27-28)25-15-9-6-10-16(11-15)29-2/h3-12H,1-2H3,(H,22,23,24)(H3,21,25,26,27). The molecule has 4 aromatic rings. The lowest BCUT2D eigenvalue weighted by Gasteiger charge is -2.09. The fraction of sp³-hybridized carbons (Fsp3) is 0.100. The molecule has 4 N–H and O–H groups in total. The summed E-state index contributed by atoms with van der Waals surface area (Å²) in [5.41, 5.74) is 7.78. The summed E-state index contributed by atoms with van der Waals surface area (Å²) in [6.45, 7) is 1.81. The summed E-state index contributed by atoms with van der Waals surface area (Å²) in [6.07, 6.45) is 0. The van der Waals surface area contributed by atoms with Crippen molar-refractivity contribution < 1.29 is 4.74 Å². The van der Waals surface area contributed by atoms with Gasteiger partial charge in [-0.15, -0.1) is 5.10 Å². The van der Waals surface area contributed by atoms with Gasteiger partial charge in [-0.1, -0.05) is 24.3 Å². The third-order valence-corrected chi connectivity index (χ3v) is 4.05. The van der Waals surface area contributed by atoms with Crippen molar-refractivity contribution in [3.8, 4) is 11.6 Å². The monoisotopic (exact) mass is 388 g/mol. The normalized spacial score (nSPS) is 10.6. The third kappa shape index (κ3) is 4.24. The second kappa shape index (κ2) is 7.85. The fourth-order valence-corrected chi connectivity index (χ4v) is 2.77. The van der Waals surface area contributed by atoms with Crippen molar-refractivity contribution >= 4 is 29.1 Å². The number of ether oxygens (including phenoxy) is 1. The number of nitrogens with zero attached hydrogens (tertiary/aromatic N) is 5. The number of hydrogen-bond donors (Lipinski definition) is 3. The van der Waals surface area contributed by atoms with E-state index in [-0.39, 0.29) is 5.95 Å². The molecule has 0 radical (unpaired) electrons. The average Bonchev–Trinajstić information content (AvgIpc) is 3.08. The second-order valence-corrected chi connectivity index (χ2v) is 6.21. The number of hydrogen-bond acceptors (Lipinski definition) is 8. The number of nitrogens with one attached hydrogen (secondary N) is 2. The van der Waals surface area contributed by atoms with Gasteiger partial charge in [0.1, 0.15) is 17.4 Å². The van der Waals surface area contributed by atoms with E-state index < -0.39 is 0 Å². The maximum Gasteiger partial charge on any atom is 0.248 e. The molecular weight excluding hydrogens is 368 g/mol. The first-order valence-electron chi connectivity index (χ1n) is 8.92. The van der Waals surface area contributed by atoms with Crippen LogP contribution in [0.2, 0.25) is 0 Å². The van der Waals surface area contributed by atoms with E-state index in [0.717, 1.165) is 17.1 Å². The van der Waals surface area contributed by atoms with Crippen LogP contribution in [0, 0.1) is 6.92 Å². The van der Waals surface area contributed by atoms with E-state index in [4.69, 9.17) is 10.5 Å². The average molecular weight is 388 g/mol. The predicted molar refractivity (Wildman–Crippen MR) is 112 cm³/mol. The van der Waals surface area contributed by atoms with E-state index in [0.29, 0.717) is 23.4 Å². The van der Waals surface area contributed by atoms with Gasteiger partial charge in [-0.05, 0) is 31.2 Å². The molecule has 9 nitrogen and oxygen atoms in total. The SMILES string of the molecule is COc1cccc(Nc2nc(N)n(-c3cc(Nc4ccccc4)nc(C)n3)n2)c1. The van der Waals surface area contributed by atoms with Crippen molar-refractivity contribution in [3.63, 3.8) is 0 Å². The Balaban J connectivity index is 1.61. The lowest BCUT2D eigenvalue weighted by molar-refractivity contribution is 0.415. The highest BCUT2D eigenvalue weighted by Gasteiger charge is 2.13. The fourth-order valence-electron chi connectivity index (χ4n) is 2.77. The Labute approximate surface area is 167 Å². The van der Waals surface area contributed by atoms with Crippen molar-refractivity contribution in [1.82, 2.24) is 24.7 Å². The molecule has 0 aliphatic rings. The van der Waals surface area contributed by atoms with Gasteiger partial charge >= 0.3 is 0 Å². The van der Waals surface area contributed by atoms with Gasteiger partial charge in [0.05, 0.1) is 7.11 Å². The Bertz CT molecular complexity index is 1130. The number of nitrogens with two attached hydrogens (primary N) is 1. The lowest BCUT2D eigenvalue weighted by atomic mass is 10.3. The van der Waals surface area contributed by atoms with Gasteiger partial charge in [-0.3, -0.25) is 0 Å². The zero-order chi connectivity index (χ0) is 20.2. The van der Waals surface area contributed by atoms with Crippen LogP contribution in [0.15, 0.2) is 60.7 Å². The topological polar surface area (TPSA) is 116 Å². The summed E-state index contributed by atoms with van der Waals surface area (Å²) in [4.78, 5) is 13.1. The number of methoxy groups -OCH3 is 1. The Hall–Kier alpha value is -4.14. The van der Waals surface area contributed by atoms with Gasteiger partial charge < -0.3 is 21.1 Å². The van der Waals surface area contributed by atoms with Crippen LogP contribution in [0.25, 0.3) is 5.82 Å². The number of aryl methyl sites for hydroxylation is 1. The van der Waals surface area contributed by atoms with Gasteiger partial charge in [-0.25, -0.2) is 9.97 Å². The first-order valence-corrected chi connectivity index (χ1v) is 8.92. The highest BCUT2D eigenvalue weighted by molar-refractivity contribution is 5.59. The Morgan fingerprint density at radius 1 is 0.897 bits per heavy atom. The summed E-state index contributed by atoms with van der Waals surface area (Å²) in [6, 6.07) is 19.0. The first kappa shape index (κ1) is 18.2. The second-order valence-electron chi connectivity index (χ2n) is 6.21. The minimum absolute atomic E-state index is 0.208. The van der Waals surface area contributed by atoms with Crippen LogP contribution in [0.1, 0.15) is 5.82 Å². The molecule has 0 unspecified atom stereocenters. The maximum atomic E-state index is 6.08. The van der Waals surface area contributed by atoms with Crippen LogP contribution in [0.5, 0.6) is 5.75 Å². The number of rotatable bonds is 6. The van der Waals surface area contributed by atoms with Gasteiger partial charge in [0, 0.05) is 23.5 Å². The third-order valence-electron chi connectivity index (χ3n) is 4.05. The quantitative estimate of drug-likeness (QED) is 0.460. The summed E-state index contributed by atoms with van der Waals surface area (Å²) >= 11 is 0. The van der Waals surface area contributed by atoms with Gasteiger partial charge in [0.25, 0.3) is 0 Å². The summed E-state index contributed by atoms with van der Waals surface area (Å²) < 4.78 is 6.70. The van der Waals surface area contributed by atoms with E-state index in [1.54, 1.807) is 13.2 Å². The van der Waals surface area contributed by atoms with Crippen molar-refractivity contribution in [2.24, 2.45) is 0 Å². The maximum absolute atomic E-state index is 6.08. The van der Waals surface area contributed by atoms with Crippen LogP contribution in [0.4, 0.5) is 29.1 Å². The van der Waals surface area contributed by atoms with Crippen molar-refractivity contribution in [2.45, 2.75) is 6.92 Å². The predicted octanol–water partition coefficient (Wildman–Crippen LogP) is 3.44.